The Bertz CT molecular complexity index is 79.1. The highest BCUT2D eigenvalue weighted by Crippen LogP contribution is 2.18. The second kappa shape index (κ2) is 3.11. The summed E-state index contributed by atoms with van der Waals surface area (Å²) in [7, 11) is 0. The first-order valence-corrected chi connectivity index (χ1v) is 3.20. The van der Waals surface area contributed by atoms with Crippen molar-refractivity contribution in [2.75, 3.05) is 6.61 Å². The third kappa shape index (κ3) is 1.90. The average Bonchev–Trinajstić information content (AvgIpc) is 1.90. The molecule has 0 amide bonds. The van der Waals surface area contributed by atoms with Crippen molar-refractivity contribution in [3.05, 3.63) is 0 Å². The van der Waals surface area contributed by atoms with Crippen molar-refractivity contribution in [1.29, 1.82) is 0 Å². The Hall–Kier alpha value is -0.180. The van der Waals surface area contributed by atoms with Crippen LogP contribution in [-0.2, 0) is 4.74 Å². The van der Waals surface area contributed by atoms with Crippen molar-refractivity contribution in [2.24, 2.45) is 0 Å². The molecule has 1 heterocycles. The second-order valence-electron chi connectivity index (χ2n) is 2.24. The molecule has 0 N–H and O–H groups in total. The van der Waals surface area contributed by atoms with Crippen LogP contribution in [0, 0.1) is 0 Å². The summed E-state index contributed by atoms with van der Waals surface area (Å²) in [6.07, 6.45) is -0.723. The molecule has 0 aromatic carbocycles. The SMILES string of the molecule is FC(F)[C@H]1CCCCO1. The summed E-state index contributed by atoms with van der Waals surface area (Å²) >= 11 is 0. The molecule has 0 unspecified atom stereocenters. The molecule has 0 saturated carbocycles. The molecule has 0 aromatic rings. The summed E-state index contributed by atoms with van der Waals surface area (Å²) in [5, 5.41) is 0. The van der Waals surface area contributed by atoms with Crippen LogP contribution in [0.5, 0.6) is 0 Å². The van der Waals surface area contributed by atoms with Gasteiger partial charge in [0.2, 0.25) is 0 Å². The van der Waals surface area contributed by atoms with E-state index in [9.17, 15) is 8.78 Å². The first-order chi connectivity index (χ1) is 4.30. The lowest BCUT2D eigenvalue weighted by molar-refractivity contribution is -0.0779. The van der Waals surface area contributed by atoms with Crippen molar-refractivity contribution in [1.82, 2.24) is 0 Å². The maximum atomic E-state index is 11.8. The number of hydrogen-bond donors (Lipinski definition) is 0. The highest BCUT2D eigenvalue weighted by Gasteiger charge is 2.22. The first kappa shape index (κ1) is 6.93. The Morgan fingerprint density at radius 3 is 2.44 bits per heavy atom. The Morgan fingerprint density at radius 2 is 2.11 bits per heavy atom. The Balaban J connectivity index is 2.23. The van der Waals surface area contributed by atoms with Gasteiger partial charge in [0.1, 0.15) is 6.10 Å². The van der Waals surface area contributed by atoms with Crippen LogP contribution in [0.25, 0.3) is 0 Å². The molecular weight excluding hydrogens is 126 g/mol. The zero-order valence-electron chi connectivity index (χ0n) is 5.15. The lowest BCUT2D eigenvalue weighted by atomic mass is 10.1. The van der Waals surface area contributed by atoms with Gasteiger partial charge in [-0.05, 0) is 19.3 Å². The molecule has 1 aliphatic heterocycles. The van der Waals surface area contributed by atoms with Crippen LogP contribution in [0.4, 0.5) is 8.78 Å². The van der Waals surface area contributed by atoms with Crippen LogP contribution in [0.3, 0.4) is 0 Å². The molecule has 1 fully saturated rings. The van der Waals surface area contributed by atoms with Crippen molar-refractivity contribution in [2.45, 2.75) is 31.8 Å². The fourth-order valence-electron chi connectivity index (χ4n) is 0.964. The lowest BCUT2D eigenvalue weighted by Crippen LogP contribution is -2.26. The molecule has 54 valence electrons. The quantitative estimate of drug-likeness (QED) is 0.534. The number of halogens is 2. The molecule has 0 radical (unpaired) electrons. The molecule has 0 aromatic heterocycles. The number of rotatable bonds is 1. The fourth-order valence-corrected chi connectivity index (χ4v) is 0.964. The summed E-state index contributed by atoms with van der Waals surface area (Å²) in [5.41, 5.74) is 0. The van der Waals surface area contributed by atoms with Crippen molar-refractivity contribution >= 4 is 0 Å². The summed E-state index contributed by atoms with van der Waals surface area (Å²) in [5.74, 6) is 0. The second-order valence-corrected chi connectivity index (χ2v) is 2.24. The number of alkyl halides is 2. The summed E-state index contributed by atoms with van der Waals surface area (Å²) in [4.78, 5) is 0. The standard InChI is InChI=1S/C6H10F2O/c7-6(8)5-3-1-2-4-9-5/h5-6H,1-4H2/t5-/m1/s1. The average molecular weight is 136 g/mol. The maximum Gasteiger partial charge on any atom is 0.264 e. The van der Waals surface area contributed by atoms with Gasteiger partial charge in [0, 0.05) is 6.61 Å². The van der Waals surface area contributed by atoms with Crippen LogP contribution >= 0.6 is 0 Å². The van der Waals surface area contributed by atoms with Crippen molar-refractivity contribution in [3.8, 4) is 0 Å². The van der Waals surface area contributed by atoms with Gasteiger partial charge in [-0.25, -0.2) is 8.78 Å². The predicted octanol–water partition coefficient (Wildman–Crippen LogP) is 1.82. The summed E-state index contributed by atoms with van der Waals surface area (Å²) in [6, 6.07) is 0. The van der Waals surface area contributed by atoms with Crippen molar-refractivity contribution < 1.29 is 13.5 Å². The Kier molecular flexibility index (Phi) is 2.39. The Labute approximate surface area is 53.0 Å². The van der Waals surface area contributed by atoms with E-state index in [0.29, 0.717) is 13.0 Å². The van der Waals surface area contributed by atoms with E-state index < -0.39 is 12.5 Å². The van der Waals surface area contributed by atoms with Crippen LogP contribution < -0.4 is 0 Å². The maximum absolute atomic E-state index is 11.8. The van der Waals surface area contributed by atoms with E-state index in [1.807, 2.05) is 0 Å². The summed E-state index contributed by atoms with van der Waals surface area (Å²) < 4.78 is 28.4. The van der Waals surface area contributed by atoms with E-state index in [4.69, 9.17) is 4.74 Å². The van der Waals surface area contributed by atoms with E-state index in [1.165, 1.54) is 0 Å². The minimum Gasteiger partial charge on any atom is -0.372 e. The zero-order chi connectivity index (χ0) is 6.69. The van der Waals surface area contributed by atoms with Crippen LogP contribution in [-0.4, -0.2) is 19.1 Å². The molecule has 1 aliphatic rings. The van der Waals surface area contributed by atoms with Gasteiger partial charge < -0.3 is 4.74 Å². The van der Waals surface area contributed by atoms with Gasteiger partial charge >= 0.3 is 0 Å². The normalized spacial score (nSPS) is 29.0. The van der Waals surface area contributed by atoms with E-state index >= 15 is 0 Å². The van der Waals surface area contributed by atoms with E-state index in [0.717, 1.165) is 12.8 Å². The van der Waals surface area contributed by atoms with Gasteiger partial charge in [-0.2, -0.15) is 0 Å². The predicted molar refractivity (Wildman–Crippen MR) is 29.6 cm³/mol. The monoisotopic (exact) mass is 136 g/mol. The van der Waals surface area contributed by atoms with Gasteiger partial charge in [0.25, 0.3) is 6.43 Å². The van der Waals surface area contributed by atoms with E-state index in [1.54, 1.807) is 0 Å². The lowest BCUT2D eigenvalue weighted by Gasteiger charge is -2.21. The number of hydrogen-bond acceptors (Lipinski definition) is 1. The molecule has 3 heteroatoms. The van der Waals surface area contributed by atoms with E-state index in [-0.39, 0.29) is 0 Å². The van der Waals surface area contributed by atoms with Crippen LogP contribution in [0.2, 0.25) is 0 Å². The highest BCUT2D eigenvalue weighted by atomic mass is 19.3. The smallest absolute Gasteiger partial charge is 0.264 e. The molecule has 1 atom stereocenters. The number of ether oxygens (including phenoxy) is 1. The minimum absolute atomic E-state index is 0.509. The van der Waals surface area contributed by atoms with E-state index in [2.05, 4.69) is 0 Å². The van der Waals surface area contributed by atoms with Gasteiger partial charge in [-0.1, -0.05) is 0 Å². The van der Waals surface area contributed by atoms with Gasteiger partial charge in [0.15, 0.2) is 0 Å². The first-order valence-electron chi connectivity index (χ1n) is 3.20. The summed E-state index contributed by atoms with van der Waals surface area (Å²) in [6.45, 7) is 0.509. The zero-order valence-corrected chi connectivity index (χ0v) is 5.15. The van der Waals surface area contributed by atoms with Crippen molar-refractivity contribution in [3.63, 3.8) is 0 Å². The Morgan fingerprint density at radius 1 is 1.33 bits per heavy atom. The van der Waals surface area contributed by atoms with Gasteiger partial charge in [-0.3, -0.25) is 0 Å². The highest BCUT2D eigenvalue weighted by molar-refractivity contribution is 4.64. The molecule has 9 heavy (non-hydrogen) atoms. The minimum atomic E-state index is -2.29. The largest absolute Gasteiger partial charge is 0.372 e. The third-order valence-corrected chi connectivity index (χ3v) is 1.50. The molecule has 0 bridgehead atoms. The van der Waals surface area contributed by atoms with Gasteiger partial charge in [0.05, 0.1) is 0 Å². The molecule has 1 nitrogen and oxygen atoms in total. The van der Waals surface area contributed by atoms with Crippen LogP contribution in [0.15, 0.2) is 0 Å². The third-order valence-electron chi connectivity index (χ3n) is 1.50. The molecule has 0 spiro atoms. The fraction of sp³-hybridized carbons (Fsp3) is 1.00. The topological polar surface area (TPSA) is 9.23 Å². The molecule has 1 saturated heterocycles. The molecule has 1 rings (SSSR count). The van der Waals surface area contributed by atoms with Gasteiger partial charge in [-0.15, -0.1) is 0 Å². The van der Waals surface area contributed by atoms with Crippen LogP contribution in [0.1, 0.15) is 19.3 Å². The molecule has 0 aliphatic carbocycles. The molecular formula is C6H10F2O.